The fourth-order valence-electron chi connectivity index (χ4n) is 1.94. The molecular formula is C13H15BrO2. The third kappa shape index (κ3) is 3.16. The number of rotatable bonds is 3. The first-order valence-electron chi connectivity index (χ1n) is 5.60. The Hall–Kier alpha value is -0.670. The molecule has 1 aliphatic heterocycles. The second kappa shape index (κ2) is 5.60. The van der Waals surface area contributed by atoms with Gasteiger partial charge >= 0.3 is 0 Å². The van der Waals surface area contributed by atoms with Crippen LogP contribution in [0.4, 0.5) is 0 Å². The first kappa shape index (κ1) is 11.8. The van der Waals surface area contributed by atoms with E-state index in [2.05, 4.69) is 15.9 Å². The average Bonchev–Trinajstić information content (AvgIpc) is 2.33. The van der Waals surface area contributed by atoms with Crippen molar-refractivity contribution < 1.29 is 9.53 Å². The highest BCUT2D eigenvalue weighted by molar-refractivity contribution is 9.10. The monoisotopic (exact) mass is 282 g/mol. The summed E-state index contributed by atoms with van der Waals surface area (Å²) in [4.78, 5) is 12.0. The van der Waals surface area contributed by atoms with Crippen LogP contribution in [0.2, 0.25) is 0 Å². The van der Waals surface area contributed by atoms with E-state index in [0.717, 1.165) is 29.5 Å². The van der Waals surface area contributed by atoms with Gasteiger partial charge in [0.25, 0.3) is 0 Å². The Bertz CT molecular complexity index is 353. The van der Waals surface area contributed by atoms with Crippen LogP contribution in [0.3, 0.4) is 0 Å². The lowest BCUT2D eigenvalue weighted by molar-refractivity contribution is -0.126. The zero-order valence-corrected chi connectivity index (χ0v) is 10.7. The second-order valence-corrected chi connectivity index (χ2v) is 5.10. The SMILES string of the molecule is O=C(Cc1ccc(Br)cc1)C1CCCOC1. The molecule has 0 bridgehead atoms. The van der Waals surface area contributed by atoms with E-state index in [1.807, 2.05) is 24.3 Å². The maximum absolute atomic E-state index is 12.0. The summed E-state index contributed by atoms with van der Waals surface area (Å²) in [7, 11) is 0. The van der Waals surface area contributed by atoms with Crippen LogP contribution in [0.25, 0.3) is 0 Å². The van der Waals surface area contributed by atoms with E-state index >= 15 is 0 Å². The van der Waals surface area contributed by atoms with E-state index in [1.165, 1.54) is 0 Å². The average molecular weight is 283 g/mol. The van der Waals surface area contributed by atoms with Crippen molar-refractivity contribution in [1.82, 2.24) is 0 Å². The minimum atomic E-state index is 0.109. The van der Waals surface area contributed by atoms with E-state index in [-0.39, 0.29) is 5.92 Å². The number of Topliss-reactive ketones (excluding diaryl/α,β-unsaturated/α-hetero) is 1. The molecule has 86 valence electrons. The molecule has 0 spiro atoms. The van der Waals surface area contributed by atoms with Gasteiger partial charge in [0.05, 0.1) is 6.61 Å². The van der Waals surface area contributed by atoms with Crippen LogP contribution in [-0.2, 0) is 16.0 Å². The summed E-state index contributed by atoms with van der Waals surface area (Å²) in [6, 6.07) is 7.93. The standard InChI is InChI=1S/C13H15BrO2/c14-12-5-3-10(4-6-12)8-13(15)11-2-1-7-16-9-11/h3-6,11H,1-2,7-9H2. The van der Waals surface area contributed by atoms with Gasteiger partial charge in [0, 0.05) is 23.4 Å². The number of carbonyl (C=O) groups excluding carboxylic acids is 1. The highest BCUT2D eigenvalue weighted by Crippen LogP contribution is 2.18. The lowest BCUT2D eigenvalue weighted by Crippen LogP contribution is -2.26. The van der Waals surface area contributed by atoms with Crippen LogP contribution in [0, 0.1) is 5.92 Å². The molecule has 1 unspecified atom stereocenters. The van der Waals surface area contributed by atoms with Crippen LogP contribution in [0.5, 0.6) is 0 Å². The Balaban J connectivity index is 1.93. The Morgan fingerprint density at radius 2 is 2.12 bits per heavy atom. The molecular weight excluding hydrogens is 268 g/mol. The molecule has 16 heavy (non-hydrogen) atoms. The minimum Gasteiger partial charge on any atom is -0.381 e. The minimum absolute atomic E-state index is 0.109. The fourth-order valence-corrected chi connectivity index (χ4v) is 2.21. The molecule has 3 heteroatoms. The summed E-state index contributed by atoms with van der Waals surface area (Å²) in [5.41, 5.74) is 1.08. The molecule has 1 aromatic rings. The van der Waals surface area contributed by atoms with Gasteiger partial charge in [-0.05, 0) is 30.5 Å². The van der Waals surface area contributed by atoms with Gasteiger partial charge in [0.15, 0.2) is 0 Å². The van der Waals surface area contributed by atoms with Crippen molar-refractivity contribution in [3.63, 3.8) is 0 Å². The molecule has 2 rings (SSSR count). The van der Waals surface area contributed by atoms with Gasteiger partial charge in [0.2, 0.25) is 0 Å². The summed E-state index contributed by atoms with van der Waals surface area (Å²) in [5.74, 6) is 0.416. The van der Waals surface area contributed by atoms with Crippen molar-refractivity contribution in [1.29, 1.82) is 0 Å². The van der Waals surface area contributed by atoms with Crippen molar-refractivity contribution in [2.45, 2.75) is 19.3 Å². The number of carbonyl (C=O) groups is 1. The van der Waals surface area contributed by atoms with Gasteiger partial charge < -0.3 is 4.74 Å². The number of halogens is 1. The molecule has 0 saturated carbocycles. The topological polar surface area (TPSA) is 26.3 Å². The van der Waals surface area contributed by atoms with E-state index in [0.29, 0.717) is 18.8 Å². The van der Waals surface area contributed by atoms with Crippen LogP contribution < -0.4 is 0 Å². The molecule has 0 aliphatic carbocycles. The van der Waals surface area contributed by atoms with Gasteiger partial charge in [-0.1, -0.05) is 28.1 Å². The summed E-state index contributed by atoms with van der Waals surface area (Å²) in [6.07, 6.45) is 2.52. The zero-order valence-electron chi connectivity index (χ0n) is 9.12. The zero-order chi connectivity index (χ0) is 11.4. The van der Waals surface area contributed by atoms with Gasteiger partial charge in [-0.15, -0.1) is 0 Å². The highest BCUT2D eigenvalue weighted by Gasteiger charge is 2.21. The number of hydrogen-bond acceptors (Lipinski definition) is 2. The van der Waals surface area contributed by atoms with E-state index < -0.39 is 0 Å². The van der Waals surface area contributed by atoms with Crippen LogP contribution in [-0.4, -0.2) is 19.0 Å². The lowest BCUT2D eigenvalue weighted by Gasteiger charge is -2.20. The van der Waals surface area contributed by atoms with Crippen molar-refractivity contribution in [2.75, 3.05) is 13.2 Å². The largest absolute Gasteiger partial charge is 0.381 e. The fraction of sp³-hybridized carbons (Fsp3) is 0.462. The molecule has 1 aliphatic rings. The maximum atomic E-state index is 12.0. The number of benzene rings is 1. The Labute approximate surface area is 104 Å². The molecule has 1 saturated heterocycles. The van der Waals surface area contributed by atoms with Crippen molar-refractivity contribution in [3.05, 3.63) is 34.3 Å². The first-order chi connectivity index (χ1) is 7.75. The van der Waals surface area contributed by atoms with Crippen LogP contribution in [0.15, 0.2) is 28.7 Å². The normalized spacial score (nSPS) is 20.7. The van der Waals surface area contributed by atoms with Gasteiger partial charge in [-0.25, -0.2) is 0 Å². The molecule has 0 aromatic heterocycles. The Kier molecular flexibility index (Phi) is 4.13. The molecule has 1 heterocycles. The lowest BCUT2D eigenvalue weighted by atomic mass is 9.93. The third-order valence-corrected chi connectivity index (χ3v) is 3.44. The Morgan fingerprint density at radius 3 is 2.75 bits per heavy atom. The molecule has 0 amide bonds. The predicted molar refractivity (Wildman–Crippen MR) is 66.4 cm³/mol. The molecule has 2 nitrogen and oxygen atoms in total. The van der Waals surface area contributed by atoms with E-state index in [4.69, 9.17) is 4.74 Å². The molecule has 1 atom stereocenters. The summed E-state index contributed by atoms with van der Waals surface area (Å²) >= 11 is 3.38. The number of ketones is 1. The van der Waals surface area contributed by atoms with Crippen molar-refractivity contribution in [3.8, 4) is 0 Å². The van der Waals surface area contributed by atoms with Gasteiger partial charge in [-0.3, -0.25) is 4.79 Å². The maximum Gasteiger partial charge on any atom is 0.142 e. The van der Waals surface area contributed by atoms with Crippen molar-refractivity contribution in [2.24, 2.45) is 5.92 Å². The predicted octanol–water partition coefficient (Wildman–Crippen LogP) is 2.99. The first-order valence-corrected chi connectivity index (χ1v) is 6.40. The van der Waals surface area contributed by atoms with Gasteiger partial charge in [0.1, 0.15) is 5.78 Å². The van der Waals surface area contributed by atoms with Crippen LogP contribution >= 0.6 is 15.9 Å². The van der Waals surface area contributed by atoms with Crippen molar-refractivity contribution >= 4 is 21.7 Å². The van der Waals surface area contributed by atoms with E-state index in [9.17, 15) is 4.79 Å². The summed E-state index contributed by atoms with van der Waals surface area (Å²) in [6.45, 7) is 1.41. The highest BCUT2D eigenvalue weighted by atomic mass is 79.9. The van der Waals surface area contributed by atoms with Gasteiger partial charge in [-0.2, -0.15) is 0 Å². The smallest absolute Gasteiger partial charge is 0.142 e. The molecule has 1 fully saturated rings. The van der Waals surface area contributed by atoms with Crippen LogP contribution in [0.1, 0.15) is 18.4 Å². The molecule has 0 radical (unpaired) electrons. The van der Waals surface area contributed by atoms with E-state index in [1.54, 1.807) is 0 Å². The quantitative estimate of drug-likeness (QED) is 0.852. The summed E-state index contributed by atoms with van der Waals surface area (Å²) < 4.78 is 6.38. The number of hydrogen-bond donors (Lipinski definition) is 0. The Morgan fingerprint density at radius 1 is 1.38 bits per heavy atom. The second-order valence-electron chi connectivity index (χ2n) is 4.18. The molecule has 1 aromatic carbocycles. The summed E-state index contributed by atoms with van der Waals surface area (Å²) in [5, 5.41) is 0. The number of ether oxygens (including phenoxy) is 1. The molecule has 0 N–H and O–H groups in total. The third-order valence-electron chi connectivity index (χ3n) is 2.91.